The molecule has 0 radical (unpaired) electrons. The minimum atomic E-state index is 0.192. The van der Waals surface area contributed by atoms with Crippen molar-refractivity contribution in [2.75, 3.05) is 38.2 Å². The Bertz CT molecular complexity index is 948. The second kappa shape index (κ2) is 9.43. The Balaban J connectivity index is 1.22. The molecule has 2 heterocycles. The number of anilines is 1. The number of benzene rings is 2. The first-order chi connectivity index (χ1) is 14.7. The number of piperazine rings is 1. The van der Waals surface area contributed by atoms with Crippen LogP contribution in [0.3, 0.4) is 0 Å². The Kier molecular flexibility index (Phi) is 6.27. The number of aromatic nitrogens is 2. The van der Waals surface area contributed by atoms with Crippen LogP contribution in [0.2, 0.25) is 0 Å². The van der Waals surface area contributed by atoms with Gasteiger partial charge in [0.15, 0.2) is 0 Å². The fraction of sp³-hybridized carbons (Fsp3) is 0.348. The highest BCUT2D eigenvalue weighted by atomic mass is 16.5. The number of rotatable bonds is 7. The summed E-state index contributed by atoms with van der Waals surface area (Å²) in [6.07, 6.45) is 1.78. The Hall–Kier alpha value is -3.35. The van der Waals surface area contributed by atoms with E-state index in [1.165, 1.54) is 5.69 Å². The van der Waals surface area contributed by atoms with E-state index in [1.54, 1.807) is 7.11 Å². The Morgan fingerprint density at radius 3 is 2.47 bits per heavy atom. The van der Waals surface area contributed by atoms with E-state index in [9.17, 15) is 4.79 Å². The van der Waals surface area contributed by atoms with E-state index in [0.717, 1.165) is 37.5 Å². The maximum absolute atomic E-state index is 12.5. The summed E-state index contributed by atoms with van der Waals surface area (Å²) in [5, 5.41) is 4.04. The summed E-state index contributed by atoms with van der Waals surface area (Å²) in [4.78, 5) is 21.3. The number of carbonyl (C=O) groups excluding carboxylic acids is 1. The van der Waals surface area contributed by atoms with Crippen LogP contribution in [-0.2, 0) is 11.2 Å². The van der Waals surface area contributed by atoms with Crippen molar-refractivity contribution in [1.29, 1.82) is 0 Å². The van der Waals surface area contributed by atoms with Crippen molar-refractivity contribution in [3.05, 3.63) is 60.5 Å². The van der Waals surface area contributed by atoms with Gasteiger partial charge in [-0.2, -0.15) is 4.98 Å². The Morgan fingerprint density at radius 1 is 1.03 bits per heavy atom. The molecule has 2 aromatic carbocycles. The van der Waals surface area contributed by atoms with Gasteiger partial charge in [-0.05, 0) is 42.8 Å². The molecule has 1 aliphatic heterocycles. The Morgan fingerprint density at radius 2 is 1.77 bits per heavy atom. The van der Waals surface area contributed by atoms with Crippen LogP contribution in [0.1, 0.15) is 18.7 Å². The molecular formula is C23H26N4O3. The van der Waals surface area contributed by atoms with Gasteiger partial charge in [0.1, 0.15) is 5.75 Å². The van der Waals surface area contributed by atoms with E-state index in [0.29, 0.717) is 31.0 Å². The topological polar surface area (TPSA) is 71.7 Å². The molecule has 1 amide bonds. The van der Waals surface area contributed by atoms with Crippen molar-refractivity contribution in [2.24, 2.45) is 0 Å². The van der Waals surface area contributed by atoms with Crippen molar-refractivity contribution < 1.29 is 14.1 Å². The SMILES string of the molecule is COc1ccc(-c2noc(CCCC(=O)N3CCN(c4ccccc4)CC3)n2)cc1. The summed E-state index contributed by atoms with van der Waals surface area (Å²) in [6.45, 7) is 3.25. The second-order valence-corrected chi connectivity index (χ2v) is 7.30. The summed E-state index contributed by atoms with van der Waals surface area (Å²) in [5.41, 5.74) is 2.09. The average molecular weight is 406 g/mol. The molecule has 0 spiro atoms. The van der Waals surface area contributed by atoms with Crippen LogP contribution in [0.4, 0.5) is 5.69 Å². The normalized spacial score (nSPS) is 14.0. The van der Waals surface area contributed by atoms with Crippen LogP contribution in [0.15, 0.2) is 59.1 Å². The van der Waals surface area contributed by atoms with Gasteiger partial charge in [-0.1, -0.05) is 23.4 Å². The van der Waals surface area contributed by atoms with Crippen LogP contribution in [0.5, 0.6) is 5.75 Å². The van der Waals surface area contributed by atoms with Gasteiger partial charge in [0.25, 0.3) is 0 Å². The molecule has 1 saturated heterocycles. The van der Waals surface area contributed by atoms with E-state index in [1.807, 2.05) is 47.4 Å². The molecule has 1 aromatic heterocycles. The number of carbonyl (C=O) groups is 1. The van der Waals surface area contributed by atoms with Crippen LogP contribution in [0.25, 0.3) is 11.4 Å². The fourth-order valence-corrected chi connectivity index (χ4v) is 3.62. The number of hydrogen-bond donors (Lipinski definition) is 0. The zero-order chi connectivity index (χ0) is 20.8. The number of hydrogen-bond acceptors (Lipinski definition) is 6. The molecule has 7 nitrogen and oxygen atoms in total. The number of amides is 1. The molecule has 0 atom stereocenters. The fourth-order valence-electron chi connectivity index (χ4n) is 3.62. The monoisotopic (exact) mass is 406 g/mol. The van der Waals surface area contributed by atoms with Crippen molar-refractivity contribution in [3.63, 3.8) is 0 Å². The summed E-state index contributed by atoms with van der Waals surface area (Å²) < 4.78 is 10.5. The molecule has 156 valence electrons. The summed E-state index contributed by atoms with van der Waals surface area (Å²) in [6, 6.07) is 17.9. The smallest absolute Gasteiger partial charge is 0.226 e. The van der Waals surface area contributed by atoms with Gasteiger partial charge in [-0.3, -0.25) is 4.79 Å². The lowest BCUT2D eigenvalue weighted by molar-refractivity contribution is -0.131. The molecule has 0 N–H and O–H groups in total. The molecule has 0 aliphatic carbocycles. The van der Waals surface area contributed by atoms with Gasteiger partial charge in [0.2, 0.25) is 17.6 Å². The molecule has 1 aliphatic rings. The number of aryl methyl sites for hydroxylation is 1. The molecular weight excluding hydrogens is 380 g/mol. The van der Waals surface area contributed by atoms with E-state index < -0.39 is 0 Å². The van der Waals surface area contributed by atoms with Crippen LogP contribution < -0.4 is 9.64 Å². The van der Waals surface area contributed by atoms with Gasteiger partial charge >= 0.3 is 0 Å². The van der Waals surface area contributed by atoms with Gasteiger partial charge in [-0.15, -0.1) is 0 Å². The molecule has 0 bridgehead atoms. The quantitative estimate of drug-likeness (QED) is 0.599. The number of methoxy groups -OCH3 is 1. The lowest BCUT2D eigenvalue weighted by Crippen LogP contribution is -2.48. The number of ether oxygens (including phenoxy) is 1. The predicted octanol–water partition coefficient (Wildman–Crippen LogP) is 3.42. The maximum Gasteiger partial charge on any atom is 0.226 e. The van der Waals surface area contributed by atoms with Crippen molar-refractivity contribution in [1.82, 2.24) is 15.0 Å². The van der Waals surface area contributed by atoms with Gasteiger partial charge in [-0.25, -0.2) is 0 Å². The number of nitrogens with zero attached hydrogens (tertiary/aromatic N) is 4. The highest BCUT2D eigenvalue weighted by molar-refractivity contribution is 5.76. The van der Waals surface area contributed by atoms with Gasteiger partial charge in [0.05, 0.1) is 7.11 Å². The van der Waals surface area contributed by atoms with Crippen molar-refractivity contribution in [2.45, 2.75) is 19.3 Å². The van der Waals surface area contributed by atoms with Gasteiger partial charge < -0.3 is 19.1 Å². The lowest BCUT2D eigenvalue weighted by atomic mass is 10.2. The first-order valence-electron chi connectivity index (χ1n) is 10.3. The minimum Gasteiger partial charge on any atom is -0.497 e. The second-order valence-electron chi connectivity index (χ2n) is 7.30. The largest absolute Gasteiger partial charge is 0.497 e. The zero-order valence-electron chi connectivity index (χ0n) is 17.2. The average Bonchev–Trinajstić information content (AvgIpc) is 3.29. The highest BCUT2D eigenvalue weighted by Crippen LogP contribution is 2.20. The van der Waals surface area contributed by atoms with Crippen molar-refractivity contribution in [3.8, 4) is 17.1 Å². The van der Waals surface area contributed by atoms with E-state index >= 15 is 0 Å². The first kappa shape index (κ1) is 19.9. The summed E-state index contributed by atoms with van der Waals surface area (Å²) >= 11 is 0. The van der Waals surface area contributed by atoms with E-state index in [2.05, 4.69) is 27.2 Å². The molecule has 0 unspecified atom stereocenters. The van der Waals surface area contributed by atoms with Crippen LogP contribution in [-0.4, -0.2) is 54.2 Å². The van der Waals surface area contributed by atoms with Crippen LogP contribution in [0, 0.1) is 0 Å². The number of para-hydroxylation sites is 1. The third-order valence-electron chi connectivity index (χ3n) is 5.35. The van der Waals surface area contributed by atoms with Gasteiger partial charge in [0, 0.05) is 50.3 Å². The van der Waals surface area contributed by atoms with Crippen LogP contribution >= 0.6 is 0 Å². The highest BCUT2D eigenvalue weighted by Gasteiger charge is 2.21. The molecule has 30 heavy (non-hydrogen) atoms. The third kappa shape index (κ3) is 4.79. The zero-order valence-corrected chi connectivity index (χ0v) is 17.2. The predicted molar refractivity (Wildman–Crippen MR) is 114 cm³/mol. The molecule has 0 saturated carbocycles. The molecule has 7 heteroatoms. The van der Waals surface area contributed by atoms with E-state index in [-0.39, 0.29) is 5.91 Å². The standard InChI is InChI=1S/C23H26N4O3/c1-29-20-12-10-18(11-13-20)23-24-21(30-25-23)8-5-9-22(28)27-16-14-26(15-17-27)19-6-3-2-4-7-19/h2-4,6-7,10-13H,5,8-9,14-17H2,1H3. The molecule has 1 fully saturated rings. The maximum atomic E-state index is 12.5. The minimum absolute atomic E-state index is 0.192. The summed E-state index contributed by atoms with van der Waals surface area (Å²) in [7, 11) is 1.63. The summed E-state index contributed by atoms with van der Waals surface area (Å²) in [5.74, 6) is 2.08. The third-order valence-corrected chi connectivity index (χ3v) is 5.35. The van der Waals surface area contributed by atoms with E-state index in [4.69, 9.17) is 9.26 Å². The molecule has 4 rings (SSSR count). The first-order valence-corrected chi connectivity index (χ1v) is 10.3. The van der Waals surface area contributed by atoms with Crippen molar-refractivity contribution >= 4 is 11.6 Å². The lowest BCUT2D eigenvalue weighted by Gasteiger charge is -2.36. The molecule has 3 aromatic rings. The Labute approximate surface area is 176 Å².